The molecule has 0 saturated carbocycles. The SMILES string of the molecule is CCCC1NC(c2ccccc2)=Cc2ccccc21. The molecule has 2 aromatic rings. The largest absolute Gasteiger partial charge is 0.378 e. The van der Waals surface area contributed by atoms with Crippen molar-refractivity contribution < 1.29 is 0 Å². The quantitative estimate of drug-likeness (QED) is 0.836. The molecule has 1 N–H and O–H groups in total. The van der Waals surface area contributed by atoms with Gasteiger partial charge in [-0.25, -0.2) is 0 Å². The molecule has 96 valence electrons. The summed E-state index contributed by atoms with van der Waals surface area (Å²) in [6.07, 6.45) is 4.62. The van der Waals surface area contributed by atoms with Gasteiger partial charge in [0, 0.05) is 5.70 Å². The maximum atomic E-state index is 3.69. The van der Waals surface area contributed by atoms with E-state index in [9.17, 15) is 0 Å². The predicted octanol–water partition coefficient (Wildman–Crippen LogP) is 4.63. The Hall–Kier alpha value is -2.02. The Balaban J connectivity index is 2.03. The molecule has 0 aromatic heterocycles. The molecule has 2 aromatic carbocycles. The molecular weight excluding hydrogens is 230 g/mol. The maximum Gasteiger partial charge on any atom is 0.0519 e. The number of hydrogen-bond acceptors (Lipinski definition) is 1. The van der Waals surface area contributed by atoms with E-state index >= 15 is 0 Å². The van der Waals surface area contributed by atoms with Crippen molar-refractivity contribution in [2.45, 2.75) is 25.8 Å². The zero-order valence-electron chi connectivity index (χ0n) is 11.3. The molecule has 1 atom stereocenters. The minimum atomic E-state index is 0.432. The highest BCUT2D eigenvalue weighted by Gasteiger charge is 2.19. The van der Waals surface area contributed by atoms with Gasteiger partial charge < -0.3 is 5.32 Å². The van der Waals surface area contributed by atoms with Gasteiger partial charge >= 0.3 is 0 Å². The number of fused-ring (bicyclic) bond motifs is 1. The third-order valence-corrected chi connectivity index (χ3v) is 3.66. The second-order valence-corrected chi connectivity index (χ2v) is 5.04. The Morgan fingerprint density at radius 2 is 1.68 bits per heavy atom. The lowest BCUT2D eigenvalue weighted by molar-refractivity contribution is 0.567. The van der Waals surface area contributed by atoms with Crippen LogP contribution in [0.25, 0.3) is 11.8 Å². The van der Waals surface area contributed by atoms with Gasteiger partial charge in [0.1, 0.15) is 0 Å². The van der Waals surface area contributed by atoms with Gasteiger partial charge in [-0.15, -0.1) is 0 Å². The van der Waals surface area contributed by atoms with Crippen molar-refractivity contribution in [2.75, 3.05) is 0 Å². The van der Waals surface area contributed by atoms with Gasteiger partial charge in [0.05, 0.1) is 6.04 Å². The summed E-state index contributed by atoms with van der Waals surface area (Å²) in [6, 6.07) is 19.7. The summed E-state index contributed by atoms with van der Waals surface area (Å²) >= 11 is 0. The topological polar surface area (TPSA) is 12.0 Å². The van der Waals surface area contributed by atoms with E-state index in [2.05, 4.69) is 72.9 Å². The molecule has 1 aliphatic heterocycles. The first-order valence-corrected chi connectivity index (χ1v) is 7.01. The van der Waals surface area contributed by atoms with Gasteiger partial charge in [-0.05, 0) is 29.2 Å². The Labute approximate surface area is 115 Å². The van der Waals surface area contributed by atoms with Crippen LogP contribution in [0, 0.1) is 0 Å². The number of rotatable bonds is 3. The minimum absolute atomic E-state index is 0.432. The van der Waals surface area contributed by atoms with E-state index in [4.69, 9.17) is 0 Å². The van der Waals surface area contributed by atoms with Crippen molar-refractivity contribution in [3.05, 3.63) is 71.3 Å². The Kier molecular flexibility index (Phi) is 3.37. The fourth-order valence-corrected chi connectivity index (χ4v) is 2.72. The zero-order valence-corrected chi connectivity index (χ0v) is 11.3. The molecule has 0 saturated heterocycles. The molecular formula is C18H19N. The van der Waals surface area contributed by atoms with Crippen LogP contribution in [-0.2, 0) is 0 Å². The standard InChI is InChI=1S/C18H19N/c1-2-8-17-16-12-7-6-11-15(16)13-18(19-17)14-9-4-3-5-10-14/h3-7,9-13,17,19H,2,8H2,1H3. The Morgan fingerprint density at radius 1 is 0.947 bits per heavy atom. The number of benzene rings is 2. The van der Waals surface area contributed by atoms with Crippen LogP contribution in [0.15, 0.2) is 54.6 Å². The average Bonchev–Trinajstić information content (AvgIpc) is 2.48. The Bertz CT molecular complexity index is 584. The molecule has 1 nitrogen and oxygen atoms in total. The third kappa shape index (κ3) is 2.41. The first-order valence-electron chi connectivity index (χ1n) is 7.01. The highest BCUT2D eigenvalue weighted by molar-refractivity contribution is 5.83. The van der Waals surface area contributed by atoms with E-state index in [1.807, 2.05) is 0 Å². The summed E-state index contributed by atoms with van der Waals surface area (Å²) in [7, 11) is 0. The first kappa shape index (κ1) is 12.0. The maximum absolute atomic E-state index is 3.69. The van der Waals surface area contributed by atoms with Gasteiger partial charge in [-0.3, -0.25) is 0 Å². The molecule has 0 spiro atoms. The lowest BCUT2D eigenvalue weighted by Crippen LogP contribution is -2.23. The monoisotopic (exact) mass is 249 g/mol. The highest BCUT2D eigenvalue weighted by atomic mass is 14.9. The molecule has 0 amide bonds. The summed E-state index contributed by atoms with van der Waals surface area (Å²) in [5.74, 6) is 0. The normalized spacial score (nSPS) is 17.3. The molecule has 19 heavy (non-hydrogen) atoms. The first-order chi connectivity index (χ1) is 9.38. The van der Waals surface area contributed by atoms with Crippen LogP contribution in [0.2, 0.25) is 0 Å². The van der Waals surface area contributed by atoms with E-state index in [0.717, 1.165) is 0 Å². The van der Waals surface area contributed by atoms with Crippen molar-refractivity contribution >= 4 is 11.8 Å². The van der Waals surface area contributed by atoms with Gasteiger partial charge in [0.15, 0.2) is 0 Å². The smallest absolute Gasteiger partial charge is 0.0519 e. The van der Waals surface area contributed by atoms with E-state index in [1.165, 1.54) is 35.2 Å². The van der Waals surface area contributed by atoms with Crippen LogP contribution in [-0.4, -0.2) is 0 Å². The number of nitrogens with one attached hydrogen (secondary N) is 1. The van der Waals surface area contributed by atoms with Crippen LogP contribution in [0.4, 0.5) is 0 Å². The molecule has 3 rings (SSSR count). The minimum Gasteiger partial charge on any atom is -0.378 e. The van der Waals surface area contributed by atoms with Crippen LogP contribution in [0.3, 0.4) is 0 Å². The van der Waals surface area contributed by atoms with E-state index in [0.29, 0.717) is 6.04 Å². The fraction of sp³-hybridized carbons (Fsp3) is 0.222. The molecule has 0 bridgehead atoms. The van der Waals surface area contributed by atoms with Crippen molar-refractivity contribution in [3.8, 4) is 0 Å². The second-order valence-electron chi connectivity index (χ2n) is 5.04. The fourth-order valence-electron chi connectivity index (χ4n) is 2.72. The molecule has 1 unspecified atom stereocenters. The molecule has 0 fully saturated rings. The van der Waals surface area contributed by atoms with Crippen molar-refractivity contribution in [3.63, 3.8) is 0 Å². The lowest BCUT2D eigenvalue weighted by atomic mass is 9.91. The summed E-state index contributed by atoms with van der Waals surface area (Å²) in [5.41, 5.74) is 5.26. The molecule has 1 aliphatic rings. The molecule has 0 radical (unpaired) electrons. The van der Waals surface area contributed by atoms with Crippen molar-refractivity contribution in [1.82, 2.24) is 5.32 Å². The van der Waals surface area contributed by atoms with Crippen LogP contribution in [0.1, 0.15) is 42.5 Å². The van der Waals surface area contributed by atoms with Gasteiger partial charge in [-0.1, -0.05) is 67.9 Å². The van der Waals surface area contributed by atoms with Gasteiger partial charge in [0.2, 0.25) is 0 Å². The van der Waals surface area contributed by atoms with E-state index < -0.39 is 0 Å². The predicted molar refractivity (Wildman–Crippen MR) is 81.5 cm³/mol. The second kappa shape index (κ2) is 5.31. The number of hydrogen-bond donors (Lipinski definition) is 1. The summed E-state index contributed by atoms with van der Waals surface area (Å²) in [5, 5.41) is 3.69. The zero-order chi connectivity index (χ0) is 13.1. The van der Waals surface area contributed by atoms with Crippen LogP contribution >= 0.6 is 0 Å². The Morgan fingerprint density at radius 3 is 2.47 bits per heavy atom. The van der Waals surface area contributed by atoms with E-state index in [1.54, 1.807) is 0 Å². The summed E-state index contributed by atoms with van der Waals surface area (Å²) in [6.45, 7) is 2.24. The summed E-state index contributed by atoms with van der Waals surface area (Å²) < 4.78 is 0. The molecule has 0 aliphatic carbocycles. The van der Waals surface area contributed by atoms with Gasteiger partial charge in [-0.2, -0.15) is 0 Å². The van der Waals surface area contributed by atoms with Crippen molar-refractivity contribution in [2.24, 2.45) is 0 Å². The van der Waals surface area contributed by atoms with E-state index in [-0.39, 0.29) is 0 Å². The van der Waals surface area contributed by atoms with Gasteiger partial charge in [0.25, 0.3) is 0 Å². The third-order valence-electron chi connectivity index (χ3n) is 3.66. The average molecular weight is 249 g/mol. The highest BCUT2D eigenvalue weighted by Crippen LogP contribution is 2.32. The molecule has 1 heteroatoms. The molecule has 1 heterocycles. The lowest BCUT2D eigenvalue weighted by Gasteiger charge is -2.28. The van der Waals surface area contributed by atoms with Crippen LogP contribution < -0.4 is 5.32 Å². The van der Waals surface area contributed by atoms with Crippen molar-refractivity contribution in [1.29, 1.82) is 0 Å². The van der Waals surface area contributed by atoms with Crippen LogP contribution in [0.5, 0.6) is 0 Å². The summed E-state index contributed by atoms with van der Waals surface area (Å²) in [4.78, 5) is 0.